The van der Waals surface area contributed by atoms with Crippen LogP contribution in [0.25, 0.3) is 0 Å². The van der Waals surface area contributed by atoms with Crippen molar-refractivity contribution in [1.29, 1.82) is 0 Å². The summed E-state index contributed by atoms with van der Waals surface area (Å²) in [4.78, 5) is 41.6. The van der Waals surface area contributed by atoms with E-state index in [2.05, 4.69) is 10.4 Å². The molecule has 2 aromatic rings. The number of piperazine rings is 1. The number of aromatic nitrogens is 2. The van der Waals surface area contributed by atoms with Gasteiger partial charge in [-0.2, -0.15) is 17.9 Å². The smallest absolute Gasteiger partial charge is 0.416 e. The fourth-order valence-corrected chi connectivity index (χ4v) is 4.35. The second-order valence-corrected chi connectivity index (χ2v) is 9.07. The SMILES string of the molecule is CC(=O)Nc1ccn(C(=O)N2CCN(Cc3ccc(C(F)(F)F)cc3OCC(=O)N3CCCC3)CC2)n1. The van der Waals surface area contributed by atoms with Gasteiger partial charge in [-0.25, -0.2) is 4.79 Å². The quantitative estimate of drug-likeness (QED) is 0.626. The lowest BCUT2D eigenvalue weighted by molar-refractivity contribution is -0.137. The maximum atomic E-state index is 13.3. The third-order valence-corrected chi connectivity index (χ3v) is 6.33. The molecule has 200 valence electrons. The number of anilines is 1. The standard InChI is InChI=1S/C24H29F3N6O4/c1-17(34)28-21-6-9-33(29-21)23(36)32-12-10-30(11-13-32)15-18-4-5-19(24(25,26)27)14-20(18)37-16-22(35)31-7-2-3-8-31/h4-6,9,14H,2-3,7-8,10-13,15-16H2,1H3,(H,28,29,34). The highest BCUT2D eigenvalue weighted by Gasteiger charge is 2.32. The molecule has 1 aromatic heterocycles. The van der Waals surface area contributed by atoms with Gasteiger partial charge in [0.2, 0.25) is 5.91 Å². The van der Waals surface area contributed by atoms with Gasteiger partial charge in [-0.05, 0) is 25.0 Å². The van der Waals surface area contributed by atoms with E-state index in [0.717, 1.165) is 29.7 Å². The average molecular weight is 523 g/mol. The number of nitrogens with one attached hydrogen (secondary N) is 1. The zero-order valence-corrected chi connectivity index (χ0v) is 20.5. The van der Waals surface area contributed by atoms with Gasteiger partial charge in [0.15, 0.2) is 12.4 Å². The number of hydrogen-bond donors (Lipinski definition) is 1. The van der Waals surface area contributed by atoms with E-state index in [0.29, 0.717) is 51.4 Å². The Hall–Kier alpha value is -3.61. The first-order valence-corrected chi connectivity index (χ1v) is 12.1. The summed E-state index contributed by atoms with van der Waals surface area (Å²) < 4.78 is 46.7. The topological polar surface area (TPSA) is 100 Å². The minimum absolute atomic E-state index is 0.0305. The van der Waals surface area contributed by atoms with E-state index in [-0.39, 0.29) is 36.0 Å². The van der Waals surface area contributed by atoms with Crippen LogP contribution >= 0.6 is 0 Å². The van der Waals surface area contributed by atoms with Crippen LogP contribution < -0.4 is 10.1 Å². The van der Waals surface area contributed by atoms with E-state index in [1.165, 1.54) is 25.3 Å². The fourth-order valence-electron chi connectivity index (χ4n) is 4.35. The lowest BCUT2D eigenvalue weighted by Gasteiger charge is -2.34. The first-order chi connectivity index (χ1) is 17.6. The number of carbonyl (C=O) groups excluding carboxylic acids is 3. The van der Waals surface area contributed by atoms with Crippen LogP contribution in [0.15, 0.2) is 30.5 Å². The van der Waals surface area contributed by atoms with Crippen LogP contribution in [0.5, 0.6) is 5.75 Å². The second-order valence-electron chi connectivity index (χ2n) is 9.07. The molecule has 1 N–H and O–H groups in total. The Morgan fingerprint density at radius 3 is 2.35 bits per heavy atom. The number of carbonyl (C=O) groups is 3. The van der Waals surface area contributed by atoms with Crippen molar-refractivity contribution in [1.82, 2.24) is 24.5 Å². The molecule has 0 bridgehead atoms. The van der Waals surface area contributed by atoms with Gasteiger partial charge in [0, 0.05) is 70.6 Å². The Balaban J connectivity index is 1.38. The second kappa shape index (κ2) is 11.2. The predicted molar refractivity (Wildman–Crippen MR) is 127 cm³/mol. The van der Waals surface area contributed by atoms with E-state index in [9.17, 15) is 27.6 Å². The Morgan fingerprint density at radius 2 is 1.70 bits per heavy atom. The normalized spacial score (nSPS) is 16.6. The number of nitrogens with zero attached hydrogens (tertiary/aromatic N) is 5. The summed E-state index contributed by atoms with van der Waals surface area (Å²) in [5, 5.41) is 6.57. The summed E-state index contributed by atoms with van der Waals surface area (Å²) >= 11 is 0. The third-order valence-electron chi connectivity index (χ3n) is 6.33. The van der Waals surface area contributed by atoms with Gasteiger partial charge >= 0.3 is 12.2 Å². The van der Waals surface area contributed by atoms with Crippen LogP contribution in [0.2, 0.25) is 0 Å². The van der Waals surface area contributed by atoms with E-state index in [1.807, 2.05) is 4.90 Å². The molecule has 3 amide bonds. The number of ether oxygens (including phenoxy) is 1. The summed E-state index contributed by atoms with van der Waals surface area (Å²) in [6, 6.07) is 4.51. The minimum atomic E-state index is -4.53. The number of halogens is 3. The van der Waals surface area contributed by atoms with Crippen molar-refractivity contribution in [3.8, 4) is 5.75 Å². The van der Waals surface area contributed by atoms with Crippen LogP contribution in [0.1, 0.15) is 30.9 Å². The van der Waals surface area contributed by atoms with Crippen LogP contribution in [0.3, 0.4) is 0 Å². The summed E-state index contributed by atoms with van der Waals surface area (Å²) in [6.45, 7) is 4.34. The highest BCUT2D eigenvalue weighted by molar-refractivity contribution is 5.88. The van der Waals surface area contributed by atoms with Gasteiger partial charge < -0.3 is 19.9 Å². The summed E-state index contributed by atoms with van der Waals surface area (Å²) in [6.07, 6.45) is -1.25. The maximum Gasteiger partial charge on any atom is 0.416 e. The molecule has 3 heterocycles. The van der Waals surface area contributed by atoms with Crippen LogP contribution in [0.4, 0.5) is 23.8 Å². The molecule has 2 saturated heterocycles. The Bertz CT molecular complexity index is 1140. The van der Waals surface area contributed by atoms with Crippen molar-refractivity contribution in [2.75, 3.05) is 51.2 Å². The van der Waals surface area contributed by atoms with Gasteiger partial charge in [0.05, 0.1) is 5.56 Å². The van der Waals surface area contributed by atoms with Gasteiger partial charge in [0.1, 0.15) is 5.75 Å². The van der Waals surface area contributed by atoms with E-state index < -0.39 is 11.7 Å². The minimum Gasteiger partial charge on any atom is -0.483 e. The Labute approximate surface area is 211 Å². The predicted octanol–water partition coefficient (Wildman–Crippen LogP) is 2.65. The molecular formula is C24H29F3N6O4. The van der Waals surface area contributed by atoms with Gasteiger partial charge in [0.25, 0.3) is 5.91 Å². The van der Waals surface area contributed by atoms with Crippen molar-refractivity contribution >= 4 is 23.7 Å². The monoisotopic (exact) mass is 522 g/mol. The fraction of sp³-hybridized carbons (Fsp3) is 0.500. The van der Waals surface area contributed by atoms with Crippen molar-refractivity contribution in [3.63, 3.8) is 0 Å². The molecule has 0 spiro atoms. The van der Waals surface area contributed by atoms with Gasteiger partial charge in [-0.1, -0.05) is 6.07 Å². The molecule has 4 rings (SSSR count). The lowest BCUT2D eigenvalue weighted by atomic mass is 10.1. The molecule has 37 heavy (non-hydrogen) atoms. The molecule has 0 atom stereocenters. The molecule has 2 fully saturated rings. The molecule has 10 nitrogen and oxygen atoms in total. The number of benzene rings is 1. The third kappa shape index (κ3) is 6.79. The highest BCUT2D eigenvalue weighted by atomic mass is 19.4. The van der Waals surface area contributed by atoms with Crippen molar-refractivity contribution in [3.05, 3.63) is 41.6 Å². The van der Waals surface area contributed by atoms with Gasteiger partial charge in [-0.15, -0.1) is 5.10 Å². The molecule has 1 aromatic carbocycles. The van der Waals surface area contributed by atoms with Crippen LogP contribution in [-0.2, 0) is 22.3 Å². The number of amides is 3. The van der Waals surface area contributed by atoms with Crippen molar-refractivity contribution in [2.45, 2.75) is 32.5 Å². The molecule has 2 aliphatic heterocycles. The number of rotatable bonds is 6. The summed E-state index contributed by atoms with van der Waals surface area (Å²) in [5.41, 5.74) is -0.304. The van der Waals surface area contributed by atoms with Crippen molar-refractivity contribution in [2.24, 2.45) is 0 Å². The van der Waals surface area contributed by atoms with Gasteiger partial charge in [-0.3, -0.25) is 14.5 Å². The van der Waals surface area contributed by atoms with Crippen molar-refractivity contribution < 1.29 is 32.3 Å². The molecule has 13 heteroatoms. The van der Waals surface area contributed by atoms with Crippen LogP contribution in [-0.4, -0.2) is 88.2 Å². The zero-order valence-electron chi connectivity index (χ0n) is 20.5. The number of likely N-dealkylation sites (tertiary alicyclic amines) is 1. The number of alkyl halides is 3. The molecule has 0 radical (unpaired) electrons. The first kappa shape index (κ1) is 26.5. The maximum absolute atomic E-state index is 13.3. The highest BCUT2D eigenvalue weighted by Crippen LogP contribution is 2.34. The summed E-state index contributed by atoms with van der Waals surface area (Å²) in [7, 11) is 0. The number of hydrogen-bond acceptors (Lipinski definition) is 6. The Morgan fingerprint density at radius 1 is 1.00 bits per heavy atom. The molecule has 2 aliphatic rings. The molecule has 0 saturated carbocycles. The molecule has 0 unspecified atom stereocenters. The first-order valence-electron chi connectivity index (χ1n) is 12.1. The van der Waals surface area contributed by atoms with E-state index in [1.54, 1.807) is 9.80 Å². The lowest BCUT2D eigenvalue weighted by Crippen LogP contribution is -2.49. The van der Waals surface area contributed by atoms with E-state index in [4.69, 9.17) is 4.74 Å². The molecule has 0 aliphatic carbocycles. The zero-order chi connectivity index (χ0) is 26.6. The molecular weight excluding hydrogens is 493 g/mol. The largest absolute Gasteiger partial charge is 0.483 e. The Kier molecular flexibility index (Phi) is 8.00. The van der Waals surface area contributed by atoms with E-state index >= 15 is 0 Å². The van der Waals surface area contributed by atoms with Crippen LogP contribution in [0, 0.1) is 0 Å². The summed E-state index contributed by atoms with van der Waals surface area (Å²) in [5.74, 6) is -0.230. The average Bonchev–Trinajstić information content (AvgIpc) is 3.55.